The maximum atomic E-state index is 3.37. The number of rotatable bonds is 1. The van der Waals surface area contributed by atoms with Crippen LogP contribution < -0.4 is 0 Å². The van der Waals surface area contributed by atoms with Crippen molar-refractivity contribution in [3.05, 3.63) is 0 Å². The molecule has 0 aliphatic heterocycles. The fourth-order valence-corrected chi connectivity index (χ4v) is 0. The molecule has 0 aliphatic rings. The van der Waals surface area contributed by atoms with Crippen LogP contribution in [0.4, 0.5) is 0 Å². The molecular formula is C4H10Br2. The van der Waals surface area contributed by atoms with Crippen LogP contribution in [0.1, 0.15) is 20.3 Å². The summed E-state index contributed by atoms with van der Waals surface area (Å²) in [5.74, 6) is 0. The zero-order chi connectivity index (χ0) is 4.28. The smallest absolute Gasteiger partial charge is 0.0114 e. The highest BCUT2D eigenvalue weighted by Crippen LogP contribution is 1.99. The normalized spacial score (nSPS) is 12.5. The molecule has 0 amide bonds. The average Bonchev–Trinajstić information content (AvgIpc) is 1.38. The van der Waals surface area contributed by atoms with E-state index in [4.69, 9.17) is 0 Å². The van der Waals surface area contributed by atoms with Gasteiger partial charge in [-0.15, -0.1) is 17.0 Å². The summed E-state index contributed by atoms with van der Waals surface area (Å²) in [6, 6.07) is 0. The van der Waals surface area contributed by atoms with Gasteiger partial charge in [-0.25, -0.2) is 0 Å². The molecule has 0 saturated carbocycles. The van der Waals surface area contributed by atoms with Crippen molar-refractivity contribution >= 4 is 32.9 Å². The van der Waals surface area contributed by atoms with E-state index in [1.807, 2.05) is 0 Å². The second-order valence-corrected chi connectivity index (χ2v) is 2.75. The van der Waals surface area contributed by atoms with Gasteiger partial charge >= 0.3 is 0 Å². The van der Waals surface area contributed by atoms with Gasteiger partial charge in [0.15, 0.2) is 0 Å². The Kier molecular flexibility index (Phi) is 9.98. The van der Waals surface area contributed by atoms with Crippen molar-refractivity contribution in [3.63, 3.8) is 0 Å². The number of halogens is 2. The fourth-order valence-electron chi connectivity index (χ4n) is 0. The molecule has 0 bridgehead atoms. The molecule has 1 atom stereocenters. The summed E-state index contributed by atoms with van der Waals surface area (Å²) in [5.41, 5.74) is 0. The van der Waals surface area contributed by atoms with Crippen molar-refractivity contribution in [2.45, 2.75) is 25.1 Å². The summed E-state index contributed by atoms with van der Waals surface area (Å²) < 4.78 is 0. The van der Waals surface area contributed by atoms with E-state index in [1.165, 1.54) is 6.42 Å². The minimum atomic E-state index is 0. The van der Waals surface area contributed by atoms with Gasteiger partial charge in [0.05, 0.1) is 0 Å². The molecule has 0 radical (unpaired) electrons. The van der Waals surface area contributed by atoms with Gasteiger partial charge in [0.25, 0.3) is 0 Å². The lowest BCUT2D eigenvalue weighted by molar-refractivity contribution is 0.922. The molecule has 0 aromatic heterocycles. The molecule has 40 valence electrons. The van der Waals surface area contributed by atoms with Crippen LogP contribution in [0.15, 0.2) is 0 Å². The summed E-state index contributed by atoms with van der Waals surface area (Å²) in [6.45, 7) is 4.29. The molecule has 0 nitrogen and oxygen atoms in total. The average molecular weight is 218 g/mol. The van der Waals surface area contributed by atoms with Crippen molar-refractivity contribution < 1.29 is 0 Å². The largest absolute Gasteiger partial charge is 0.114 e. The van der Waals surface area contributed by atoms with Crippen molar-refractivity contribution in [1.82, 2.24) is 0 Å². The highest BCUT2D eigenvalue weighted by atomic mass is 79.9. The standard InChI is InChI=1S/C4H9Br.BrH/c1-3-4(2)5;/h4H,3H2,1-2H3;1H. The van der Waals surface area contributed by atoms with E-state index < -0.39 is 0 Å². The summed E-state index contributed by atoms with van der Waals surface area (Å²) >= 11 is 3.37. The minimum Gasteiger partial charge on any atom is -0.114 e. The molecule has 0 aromatic carbocycles. The summed E-state index contributed by atoms with van der Waals surface area (Å²) in [5, 5.41) is 0. The first kappa shape index (κ1) is 10.0. The van der Waals surface area contributed by atoms with Gasteiger partial charge in [0.1, 0.15) is 0 Å². The summed E-state index contributed by atoms with van der Waals surface area (Å²) in [7, 11) is 0. The van der Waals surface area contributed by atoms with Crippen LogP contribution in [-0.2, 0) is 0 Å². The quantitative estimate of drug-likeness (QED) is 0.593. The Morgan fingerprint density at radius 1 is 1.67 bits per heavy atom. The van der Waals surface area contributed by atoms with Gasteiger partial charge in [-0.3, -0.25) is 0 Å². The van der Waals surface area contributed by atoms with Crippen molar-refractivity contribution in [3.8, 4) is 0 Å². The fraction of sp³-hybridized carbons (Fsp3) is 1.00. The minimum absolute atomic E-state index is 0. The van der Waals surface area contributed by atoms with Crippen LogP contribution in [0.2, 0.25) is 0 Å². The van der Waals surface area contributed by atoms with E-state index in [2.05, 4.69) is 29.8 Å². The van der Waals surface area contributed by atoms with E-state index in [0.29, 0.717) is 4.83 Å². The highest BCUT2D eigenvalue weighted by Gasteiger charge is 1.82. The first-order valence-electron chi connectivity index (χ1n) is 1.91. The third-order valence-corrected chi connectivity index (χ3v) is 1.21. The molecule has 0 fully saturated rings. The summed E-state index contributed by atoms with van der Waals surface area (Å²) in [6.07, 6.45) is 1.22. The highest BCUT2D eigenvalue weighted by molar-refractivity contribution is 9.09. The summed E-state index contributed by atoms with van der Waals surface area (Å²) in [4.78, 5) is 0.697. The Hall–Kier alpha value is 0.960. The van der Waals surface area contributed by atoms with Crippen LogP contribution in [-0.4, -0.2) is 4.83 Å². The molecule has 6 heavy (non-hydrogen) atoms. The van der Waals surface area contributed by atoms with Crippen LogP contribution in [0.25, 0.3) is 0 Å². The zero-order valence-electron chi connectivity index (χ0n) is 4.07. The van der Waals surface area contributed by atoms with Gasteiger partial charge < -0.3 is 0 Å². The Morgan fingerprint density at radius 2 is 1.83 bits per heavy atom. The molecule has 0 rings (SSSR count). The molecular weight excluding hydrogens is 208 g/mol. The van der Waals surface area contributed by atoms with Gasteiger partial charge in [-0.1, -0.05) is 29.8 Å². The number of alkyl halides is 1. The van der Waals surface area contributed by atoms with Crippen LogP contribution in [0.3, 0.4) is 0 Å². The van der Waals surface area contributed by atoms with Crippen molar-refractivity contribution in [2.75, 3.05) is 0 Å². The predicted molar refractivity (Wildman–Crippen MR) is 39.0 cm³/mol. The second-order valence-electron chi connectivity index (χ2n) is 1.19. The van der Waals surface area contributed by atoms with Crippen molar-refractivity contribution in [2.24, 2.45) is 0 Å². The number of hydrogen-bond donors (Lipinski definition) is 0. The van der Waals surface area contributed by atoms with Crippen LogP contribution >= 0.6 is 32.9 Å². The zero-order valence-corrected chi connectivity index (χ0v) is 7.37. The van der Waals surface area contributed by atoms with Crippen LogP contribution in [0, 0.1) is 0 Å². The lowest BCUT2D eigenvalue weighted by Crippen LogP contribution is -1.80. The third-order valence-electron chi connectivity index (χ3n) is 0.563. The molecule has 0 N–H and O–H groups in total. The van der Waals surface area contributed by atoms with Gasteiger partial charge in [-0.2, -0.15) is 0 Å². The van der Waals surface area contributed by atoms with Gasteiger partial charge in [0.2, 0.25) is 0 Å². The second kappa shape index (κ2) is 5.96. The lowest BCUT2D eigenvalue weighted by Gasteiger charge is -1.88. The Bertz CT molecular complexity index is 19.5. The molecule has 0 aromatic rings. The third kappa shape index (κ3) is 8.88. The number of hydrogen-bond acceptors (Lipinski definition) is 0. The Labute approximate surface area is 58.2 Å². The maximum Gasteiger partial charge on any atom is 0.0114 e. The first-order valence-corrected chi connectivity index (χ1v) is 2.83. The molecule has 0 spiro atoms. The predicted octanol–water partition coefficient (Wildman–Crippen LogP) is 2.76. The molecule has 0 saturated heterocycles. The molecule has 1 unspecified atom stereocenters. The van der Waals surface area contributed by atoms with E-state index in [0.717, 1.165) is 0 Å². The van der Waals surface area contributed by atoms with E-state index in [1.54, 1.807) is 0 Å². The monoisotopic (exact) mass is 216 g/mol. The van der Waals surface area contributed by atoms with E-state index >= 15 is 0 Å². The van der Waals surface area contributed by atoms with Crippen LogP contribution in [0.5, 0.6) is 0 Å². The van der Waals surface area contributed by atoms with E-state index in [-0.39, 0.29) is 17.0 Å². The SMILES string of the molecule is Br.CCC(C)Br. The first-order chi connectivity index (χ1) is 2.27. The molecule has 2 heteroatoms. The Morgan fingerprint density at radius 3 is 1.83 bits per heavy atom. The van der Waals surface area contributed by atoms with E-state index in [9.17, 15) is 0 Å². The lowest BCUT2D eigenvalue weighted by atomic mass is 10.4. The maximum absolute atomic E-state index is 3.37. The van der Waals surface area contributed by atoms with Gasteiger partial charge in [0, 0.05) is 4.83 Å². The molecule has 0 aliphatic carbocycles. The van der Waals surface area contributed by atoms with Crippen molar-refractivity contribution in [1.29, 1.82) is 0 Å². The molecule has 0 heterocycles. The van der Waals surface area contributed by atoms with Gasteiger partial charge in [-0.05, 0) is 6.42 Å². The Balaban J connectivity index is 0. The topological polar surface area (TPSA) is 0 Å².